The minimum absolute atomic E-state index is 0.0743. The summed E-state index contributed by atoms with van der Waals surface area (Å²) >= 11 is 0. The first-order valence-corrected chi connectivity index (χ1v) is 6.31. The number of aromatic nitrogens is 2. The Labute approximate surface area is 117 Å². The number of amides is 1. The van der Waals surface area contributed by atoms with Crippen LogP contribution >= 0.6 is 0 Å². The molecule has 2 N–H and O–H groups in total. The Balaban J connectivity index is 1.88. The monoisotopic (exact) mass is 274 g/mol. The van der Waals surface area contributed by atoms with Crippen molar-refractivity contribution in [2.75, 3.05) is 19.5 Å². The van der Waals surface area contributed by atoms with E-state index in [9.17, 15) is 4.79 Å². The quantitative estimate of drug-likeness (QED) is 0.832. The Hall–Kier alpha value is -2.50. The summed E-state index contributed by atoms with van der Waals surface area (Å²) in [4.78, 5) is 11.2. The summed E-state index contributed by atoms with van der Waals surface area (Å²) in [7, 11) is 3.25. The fraction of sp³-hybridized carbons (Fsp3) is 0.286. The summed E-state index contributed by atoms with van der Waals surface area (Å²) in [5.74, 6) is 0.766. The fourth-order valence-corrected chi connectivity index (χ4v) is 1.72. The Morgan fingerprint density at radius 2 is 2.10 bits per heavy atom. The molecule has 1 aromatic heterocycles. The molecular weight excluding hydrogens is 256 g/mol. The number of benzene rings is 1. The number of likely N-dealkylation sites (N-methyl/N-ethyl adjacent to an activating group) is 1. The molecule has 106 valence electrons. The third kappa shape index (κ3) is 3.74. The topological polar surface area (TPSA) is 68.2 Å². The van der Waals surface area contributed by atoms with E-state index in [1.165, 1.54) is 0 Å². The Morgan fingerprint density at radius 3 is 2.75 bits per heavy atom. The maximum atomic E-state index is 11.2. The predicted molar refractivity (Wildman–Crippen MR) is 76.6 cm³/mol. The average Bonchev–Trinajstić information content (AvgIpc) is 2.93. The fourth-order valence-electron chi connectivity index (χ4n) is 1.72. The van der Waals surface area contributed by atoms with Crippen LogP contribution in [0.25, 0.3) is 0 Å². The molecule has 6 nitrogen and oxygen atoms in total. The molecule has 6 heteroatoms. The lowest BCUT2D eigenvalue weighted by molar-refractivity contribution is -0.121. The van der Waals surface area contributed by atoms with E-state index in [2.05, 4.69) is 15.7 Å². The van der Waals surface area contributed by atoms with Crippen molar-refractivity contribution in [2.24, 2.45) is 0 Å². The largest absolute Gasteiger partial charge is 0.497 e. The van der Waals surface area contributed by atoms with Crippen LogP contribution in [-0.4, -0.2) is 29.8 Å². The molecule has 0 aliphatic carbocycles. The van der Waals surface area contributed by atoms with E-state index in [0.29, 0.717) is 6.54 Å². The third-order valence-corrected chi connectivity index (χ3v) is 2.87. The van der Waals surface area contributed by atoms with E-state index < -0.39 is 0 Å². The number of anilines is 1. The van der Waals surface area contributed by atoms with Crippen molar-refractivity contribution in [1.82, 2.24) is 15.1 Å². The van der Waals surface area contributed by atoms with E-state index in [1.54, 1.807) is 31.2 Å². The van der Waals surface area contributed by atoms with Crippen molar-refractivity contribution in [3.8, 4) is 5.75 Å². The van der Waals surface area contributed by atoms with Gasteiger partial charge in [0.1, 0.15) is 12.3 Å². The highest BCUT2D eigenvalue weighted by atomic mass is 16.5. The molecule has 0 fully saturated rings. The van der Waals surface area contributed by atoms with Gasteiger partial charge in [0.25, 0.3) is 0 Å². The first-order chi connectivity index (χ1) is 9.71. The smallest absolute Gasteiger partial charge is 0.241 e. The maximum Gasteiger partial charge on any atom is 0.241 e. The maximum absolute atomic E-state index is 11.2. The van der Waals surface area contributed by atoms with Crippen molar-refractivity contribution < 1.29 is 9.53 Å². The van der Waals surface area contributed by atoms with Crippen LogP contribution in [0.2, 0.25) is 0 Å². The molecule has 0 unspecified atom stereocenters. The molecule has 0 aliphatic heterocycles. The van der Waals surface area contributed by atoms with Crippen LogP contribution in [0.15, 0.2) is 36.7 Å². The van der Waals surface area contributed by atoms with Crippen LogP contribution in [0.1, 0.15) is 5.56 Å². The molecule has 0 radical (unpaired) electrons. The summed E-state index contributed by atoms with van der Waals surface area (Å²) in [6.45, 7) is 0.913. The third-order valence-electron chi connectivity index (χ3n) is 2.87. The first-order valence-electron chi connectivity index (χ1n) is 6.31. The molecule has 2 rings (SSSR count). The second-order valence-electron chi connectivity index (χ2n) is 4.30. The Kier molecular flexibility index (Phi) is 4.60. The summed E-state index contributed by atoms with van der Waals surface area (Å²) in [6, 6.07) is 7.85. The number of rotatable bonds is 6. The molecule has 0 saturated heterocycles. The number of carbonyl (C=O) groups excluding carboxylic acids is 1. The van der Waals surface area contributed by atoms with E-state index in [4.69, 9.17) is 4.74 Å². The molecule has 2 aromatic rings. The van der Waals surface area contributed by atoms with E-state index in [0.717, 1.165) is 17.0 Å². The highest BCUT2D eigenvalue weighted by Gasteiger charge is 2.02. The van der Waals surface area contributed by atoms with Crippen LogP contribution in [0, 0.1) is 0 Å². The Morgan fingerprint density at radius 1 is 1.35 bits per heavy atom. The zero-order valence-electron chi connectivity index (χ0n) is 11.6. The van der Waals surface area contributed by atoms with Gasteiger partial charge < -0.3 is 15.4 Å². The van der Waals surface area contributed by atoms with Gasteiger partial charge in [-0.15, -0.1) is 0 Å². The van der Waals surface area contributed by atoms with E-state index in [1.807, 2.05) is 24.3 Å². The summed E-state index contributed by atoms with van der Waals surface area (Å²) in [5, 5.41) is 9.93. The van der Waals surface area contributed by atoms with Gasteiger partial charge in [0, 0.05) is 19.8 Å². The number of hydrogen-bond acceptors (Lipinski definition) is 4. The van der Waals surface area contributed by atoms with Gasteiger partial charge in [-0.05, 0) is 17.7 Å². The van der Waals surface area contributed by atoms with E-state index >= 15 is 0 Å². The SMILES string of the molecule is CNC(=O)Cn1cc(NCc2ccc(OC)cc2)cn1. The van der Waals surface area contributed by atoms with Gasteiger partial charge in [0.2, 0.25) is 5.91 Å². The minimum atomic E-state index is -0.0743. The summed E-state index contributed by atoms with van der Waals surface area (Å²) in [5.41, 5.74) is 2.02. The molecule has 0 bridgehead atoms. The standard InChI is InChI=1S/C14H18N4O2/c1-15-14(19)10-18-9-12(8-17-18)16-7-11-3-5-13(20-2)6-4-11/h3-6,8-9,16H,7,10H2,1-2H3,(H,15,19). The zero-order valence-corrected chi connectivity index (χ0v) is 11.6. The van der Waals surface area contributed by atoms with Crippen molar-refractivity contribution in [1.29, 1.82) is 0 Å². The molecule has 0 aliphatic rings. The van der Waals surface area contributed by atoms with Gasteiger partial charge in [-0.1, -0.05) is 12.1 Å². The Bertz CT molecular complexity index is 563. The van der Waals surface area contributed by atoms with Gasteiger partial charge in [-0.25, -0.2) is 0 Å². The number of methoxy groups -OCH3 is 1. The van der Waals surface area contributed by atoms with Gasteiger partial charge in [0.05, 0.1) is 19.0 Å². The second-order valence-corrected chi connectivity index (χ2v) is 4.30. The lowest BCUT2D eigenvalue weighted by Crippen LogP contribution is -2.23. The first kappa shape index (κ1) is 13.9. The highest BCUT2D eigenvalue weighted by molar-refractivity contribution is 5.75. The highest BCUT2D eigenvalue weighted by Crippen LogP contribution is 2.13. The number of ether oxygens (including phenoxy) is 1. The van der Waals surface area contributed by atoms with Crippen molar-refractivity contribution in [2.45, 2.75) is 13.1 Å². The normalized spacial score (nSPS) is 10.1. The van der Waals surface area contributed by atoms with Gasteiger partial charge in [0.15, 0.2) is 0 Å². The number of hydrogen-bond donors (Lipinski definition) is 2. The number of carbonyl (C=O) groups is 1. The lowest BCUT2D eigenvalue weighted by atomic mass is 10.2. The minimum Gasteiger partial charge on any atom is -0.497 e. The number of nitrogens with zero attached hydrogens (tertiary/aromatic N) is 2. The molecule has 1 amide bonds. The van der Waals surface area contributed by atoms with Crippen LogP contribution in [0.3, 0.4) is 0 Å². The van der Waals surface area contributed by atoms with Crippen molar-refractivity contribution in [3.63, 3.8) is 0 Å². The molecule has 0 atom stereocenters. The molecule has 20 heavy (non-hydrogen) atoms. The molecule has 1 aromatic carbocycles. The van der Waals surface area contributed by atoms with Crippen LogP contribution in [0.4, 0.5) is 5.69 Å². The second kappa shape index (κ2) is 6.60. The summed E-state index contributed by atoms with van der Waals surface area (Å²) in [6.07, 6.45) is 3.51. The summed E-state index contributed by atoms with van der Waals surface area (Å²) < 4.78 is 6.70. The lowest BCUT2D eigenvalue weighted by Gasteiger charge is -2.05. The van der Waals surface area contributed by atoms with Gasteiger partial charge in [-0.3, -0.25) is 9.48 Å². The molecular formula is C14H18N4O2. The molecule has 0 saturated carbocycles. The zero-order chi connectivity index (χ0) is 14.4. The van der Waals surface area contributed by atoms with Crippen LogP contribution in [-0.2, 0) is 17.9 Å². The number of nitrogens with one attached hydrogen (secondary N) is 2. The van der Waals surface area contributed by atoms with Crippen molar-refractivity contribution >= 4 is 11.6 Å². The van der Waals surface area contributed by atoms with E-state index in [-0.39, 0.29) is 12.5 Å². The molecule has 1 heterocycles. The van der Waals surface area contributed by atoms with Gasteiger partial charge >= 0.3 is 0 Å². The van der Waals surface area contributed by atoms with Gasteiger partial charge in [-0.2, -0.15) is 5.10 Å². The van der Waals surface area contributed by atoms with Crippen molar-refractivity contribution in [3.05, 3.63) is 42.2 Å². The van der Waals surface area contributed by atoms with Crippen LogP contribution in [0.5, 0.6) is 5.75 Å². The average molecular weight is 274 g/mol. The predicted octanol–water partition coefficient (Wildman–Crippen LogP) is 1.25. The van der Waals surface area contributed by atoms with Crippen LogP contribution < -0.4 is 15.4 Å². The molecule has 0 spiro atoms.